The Morgan fingerprint density at radius 3 is 2.84 bits per heavy atom. The summed E-state index contributed by atoms with van der Waals surface area (Å²) in [5, 5.41) is 15.0. The molecule has 1 aliphatic heterocycles. The maximum atomic E-state index is 11.8. The third-order valence-corrected chi connectivity index (χ3v) is 4.02. The number of piperidine rings is 1. The lowest BCUT2D eigenvalue weighted by Crippen LogP contribution is -2.42. The van der Waals surface area contributed by atoms with E-state index in [2.05, 4.69) is 10.6 Å². The minimum absolute atomic E-state index is 0.152. The number of amides is 1. The van der Waals surface area contributed by atoms with Gasteiger partial charge in [0.25, 0.3) is 0 Å². The maximum absolute atomic E-state index is 11.8. The lowest BCUT2D eigenvalue weighted by molar-refractivity contribution is -0.141. The second-order valence-corrected chi connectivity index (χ2v) is 5.91. The highest BCUT2D eigenvalue weighted by Gasteiger charge is 2.20. The van der Waals surface area contributed by atoms with Gasteiger partial charge in [0.1, 0.15) is 6.04 Å². The van der Waals surface area contributed by atoms with Gasteiger partial charge in [0.2, 0.25) is 5.91 Å². The first kappa shape index (κ1) is 16.3. The molecule has 110 valence electrons. The summed E-state index contributed by atoms with van der Waals surface area (Å²) in [7, 11) is 0. The quantitative estimate of drug-likeness (QED) is 0.626. The van der Waals surface area contributed by atoms with E-state index < -0.39 is 12.0 Å². The molecule has 6 heteroatoms. The molecule has 0 aromatic heterocycles. The van der Waals surface area contributed by atoms with Crippen LogP contribution in [0, 0.1) is 0 Å². The molecule has 5 nitrogen and oxygen atoms in total. The van der Waals surface area contributed by atoms with E-state index in [1.165, 1.54) is 12.8 Å². The van der Waals surface area contributed by atoms with Gasteiger partial charge in [-0.2, -0.15) is 11.8 Å². The largest absolute Gasteiger partial charge is 0.480 e. The molecule has 3 N–H and O–H groups in total. The number of hydrogen-bond donors (Lipinski definition) is 3. The second-order valence-electron chi connectivity index (χ2n) is 4.93. The van der Waals surface area contributed by atoms with Crippen LogP contribution in [0.1, 0.15) is 38.5 Å². The molecule has 1 rings (SSSR count). The molecule has 1 fully saturated rings. The summed E-state index contributed by atoms with van der Waals surface area (Å²) in [6.45, 7) is 1.03. The number of carboxylic acid groups (broad SMARTS) is 1. The third kappa shape index (κ3) is 6.82. The molecule has 0 aliphatic carbocycles. The number of thioether (sulfide) groups is 1. The van der Waals surface area contributed by atoms with E-state index in [-0.39, 0.29) is 5.91 Å². The summed E-state index contributed by atoms with van der Waals surface area (Å²) < 4.78 is 0. The van der Waals surface area contributed by atoms with Crippen LogP contribution < -0.4 is 10.6 Å². The molecule has 0 aromatic carbocycles. The van der Waals surface area contributed by atoms with Crippen LogP contribution in [-0.4, -0.2) is 47.6 Å². The van der Waals surface area contributed by atoms with Crippen molar-refractivity contribution < 1.29 is 14.7 Å². The molecule has 0 saturated carbocycles. The summed E-state index contributed by atoms with van der Waals surface area (Å²) in [6, 6.07) is -0.340. The molecule has 0 bridgehead atoms. The Labute approximate surface area is 118 Å². The Kier molecular flexibility index (Phi) is 7.90. The predicted octanol–water partition coefficient (Wildman–Crippen LogP) is 1.23. The van der Waals surface area contributed by atoms with Gasteiger partial charge in [-0.25, -0.2) is 4.79 Å². The number of aliphatic carboxylic acids is 1. The highest BCUT2D eigenvalue weighted by atomic mass is 32.2. The standard InChI is InChI=1S/C13H24N2O3S/c1-19-9-7-11(13(17)18)15-12(16)6-5-10-4-2-3-8-14-10/h10-11,14H,2-9H2,1H3,(H,15,16)(H,17,18)/t10?,11-/m0/s1. The second kappa shape index (κ2) is 9.20. The van der Waals surface area contributed by atoms with Crippen molar-refractivity contribution in [1.29, 1.82) is 0 Å². The van der Waals surface area contributed by atoms with Crippen LogP contribution in [0.15, 0.2) is 0 Å². The normalized spacial score (nSPS) is 20.8. The van der Waals surface area contributed by atoms with Crippen LogP contribution >= 0.6 is 11.8 Å². The first-order valence-corrected chi connectivity index (χ1v) is 8.27. The molecule has 0 radical (unpaired) electrons. The summed E-state index contributed by atoms with van der Waals surface area (Å²) in [6.07, 6.45) is 7.13. The number of nitrogens with one attached hydrogen (secondary N) is 2. The predicted molar refractivity (Wildman–Crippen MR) is 77.4 cm³/mol. The topological polar surface area (TPSA) is 78.4 Å². The zero-order valence-corrected chi connectivity index (χ0v) is 12.3. The smallest absolute Gasteiger partial charge is 0.326 e. The lowest BCUT2D eigenvalue weighted by atomic mass is 10.0. The van der Waals surface area contributed by atoms with Crippen LogP contribution in [0.4, 0.5) is 0 Å². The van der Waals surface area contributed by atoms with Crippen LogP contribution in [0.3, 0.4) is 0 Å². The van der Waals surface area contributed by atoms with Gasteiger partial charge >= 0.3 is 5.97 Å². The van der Waals surface area contributed by atoms with Crippen molar-refractivity contribution in [2.75, 3.05) is 18.6 Å². The SMILES string of the molecule is CSCC[C@H](NC(=O)CCC1CCCCN1)C(=O)O. The number of hydrogen-bond acceptors (Lipinski definition) is 4. The molecular formula is C13H24N2O3S. The van der Waals surface area contributed by atoms with Gasteiger partial charge in [-0.1, -0.05) is 6.42 Å². The molecule has 1 unspecified atom stereocenters. The van der Waals surface area contributed by atoms with Gasteiger partial charge in [0.15, 0.2) is 0 Å². The van der Waals surface area contributed by atoms with Gasteiger partial charge in [0.05, 0.1) is 0 Å². The Morgan fingerprint density at radius 1 is 1.47 bits per heavy atom. The summed E-state index contributed by atoms with van der Waals surface area (Å²) in [5.74, 6) is -0.361. The van der Waals surface area contributed by atoms with Crippen molar-refractivity contribution in [2.45, 2.75) is 50.6 Å². The van der Waals surface area contributed by atoms with E-state index in [4.69, 9.17) is 5.11 Å². The highest BCUT2D eigenvalue weighted by molar-refractivity contribution is 7.98. The first-order chi connectivity index (χ1) is 9.13. The first-order valence-electron chi connectivity index (χ1n) is 6.88. The molecule has 0 aromatic rings. The summed E-state index contributed by atoms with van der Waals surface area (Å²) >= 11 is 1.59. The number of carbonyl (C=O) groups is 2. The van der Waals surface area contributed by atoms with E-state index in [1.807, 2.05) is 6.26 Å². The van der Waals surface area contributed by atoms with Gasteiger partial charge < -0.3 is 15.7 Å². The van der Waals surface area contributed by atoms with E-state index in [0.717, 1.165) is 25.1 Å². The fourth-order valence-corrected chi connectivity index (χ4v) is 2.71. The average Bonchev–Trinajstić information content (AvgIpc) is 2.42. The number of rotatable bonds is 8. The maximum Gasteiger partial charge on any atom is 0.326 e. The van der Waals surface area contributed by atoms with Crippen molar-refractivity contribution in [3.63, 3.8) is 0 Å². The highest BCUT2D eigenvalue weighted by Crippen LogP contribution is 2.11. The van der Waals surface area contributed by atoms with Gasteiger partial charge in [-0.15, -0.1) is 0 Å². The van der Waals surface area contributed by atoms with E-state index in [9.17, 15) is 9.59 Å². The number of carboxylic acids is 1. The Bertz CT molecular complexity index is 294. The van der Waals surface area contributed by atoms with Crippen molar-refractivity contribution in [3.8, 4) is 0 Å². The Balaban J connectivity index is 2.25. The Morgan fingerprint density at radius 2 is 2.26 bits per heavy atom. The van der Waals surface area contributed by atoms with Crippen LogP contribution in [-0.2, 0) is 9.59 Å². The van der Waals surface area contributed by atoms with Crippen LogP contribution in [0.25, 0.3) is 0 Å². The number of carbonyl (C=O) groups excluding carboxylic acids is 1. The fraction of sp³-hybridized carbons (Fsp3) is 0.846. The average molecular weight is 288 g/mol. The van der Waals surface area contributed by atoms with Gasteiger partial charge in [0, 0.05) is 12.5 Å². The van der Waals surface area contributed by atoms with Crippen LogP contribution in [0.5, 0.6) is 0 Å². The van der Waals surface area contributed by atoms with E-state index in [1.54, 1.807) is 11.8 Å². The molecule has 0 spiro atoms. The van der Waals surface area contributed by atoms with E-state index in [0.29, 0.717) is 18.9 Å². The molecule has 19 heavy (non-hydrogen) atoms. The van der Waals surface area contributed by atoms with Crippen molar-refractivity contribution in [1.82, 2.24) is 10.6 Å². The zero-order chi connectivity index (χ0) is 14.1. The van der Waals surface area contributed by atoms with Gasteiger partial charge in [-0.3, -0.25) is 4.79 Å². The lowest BCUT2D eigenvalue weighted by Gasteiger charge is -2.23. The van der Waals surface area contributed by atoms with Crippen molar-refractivity contribution >= 4 is 23.6 Å². The zero-order valence-electron chi connectivity index (χ0n) is 11.5. The molecule has 1 heterocycles. The third-order valence-electron chi connectivity index (χ3n) is 3.38. The molecule has 1 amide bonds. The minimum atomic E-state index is -0.946. The molecular weight excluding hydrogens is 264 g/mol. The molecule has 1 saturated heterocycles. The fourth-order valence-electron chi connectivity index (χ4n) is 2.24. The molecule has 2 atom stereocenters. The van der Waals surface area contributed by atoms with Crippen molar-refractivity contribution in [3.05, 3.63) is 0 Å². The Hall–Kier alpha value is -0.750. The van der Waals surface area contributed by atoms with Crippen molar-refractivity contribution in [2.24, 2.45) is 0 Å². The van der Waals surface area contributed by atoms with Gasteiger partial charge in [-0.05, 0) is 44.2 Å². The minimum Gasteiger partial charge on any atom is -0.480 e. The van der Waals surface area contributed by atoms with Crippen LogP contribution in [0.2, 0.25) is 0 Å². The van der Waals surface area contributed by atoms with E-state index >= 15 is 0 Å². The summed E-state index contributed by atoms with van der Waals surface area (Å²) in [4.78, 5) is 22.8. The monoisotopic (exact) mass is 288 g/mol. The molecule has 1 aliphatic rings. The summed E-state index contributed by atoms with van der Waals surface area (Å²) in [5.41, 5.74) is 0.